The minimum absolute atomic E-state index is 0.180. The molecule has 2 heterocycles. The number of hydrogen-bond acceptors (Lipinski definition) is 2. The van der Waals surface area contributed by atoms with Crippen LogP contribution in [0.3, 0.4) is 0 Å². The standard InChI is InChI=1S/C14H17ClN2O/c15-12-7-2-1-6-11(12)13-14(18)17-8-4-3-5-10(17)9-16-13/h1-2,6-7,10,13,16H,3-5,8-9H2. The topological polar surface area (TPSA) is 32.3 Å². The number of fused-ring (bicyclic) bond motifs is 1. The number of piperazine rings is 1. The number of nitrogens with one attached hydrogen (secondary N) is 1. The van der Waals surface area contributed by atoms with Gasteiger partial charge in [0.05, 0.1) is 0 Å². The maximum absolute atomic E-state index is 12.5. The zero-order valence-electron chi connectivity index (χ0n) is 10.2. The maximum atomic E-state index is 12.5. The van der Waals surface area contributed by atoms with Crippen molar-refractivity contribution in [1.82, 2.24) is 10.2 Å². The fourth-order valence-electron chi connectivity index (χ4n) is 2.96. The Morgan fingerprint density at radius 2 is 2.11 bits per heavy atom. The number of halogens is 1. The molecule has 1 N–H and O–H groups in total. The maximum Gasteiger partial charge on any atom is 0.244 e. The van der Waals surface area contributed by atoms with Crippen molar-refractivity contribution in [2.24, 2.45) is 0 Å². The Balaban J connectivity index is 1.86. The molecule has 2 aliphatic rings. The molecular weight excluding hydrogens is 248 g/mol. The van der Waals surface area contributed by atoms with E-state index < -0.39 is 0 Å². The molecule has 2 unspecified atom stereocenters. The average molecular weight is 265 g/mol. The summed E-state index contributed by atoms with van der Waals surface area (Å²) in [5, 5.41) is 4.02. The molecule has 2 aliphatic heterocycles. The lowest BCUT2D eigenvalue weighted by atomic mass is 9.95. The van der Waals surface area contributed by atoms with Crippen molar-refractivity contribution in [2.45, 2.75) is 31.3 Å². The van der Waals surface area contributed by atoms with Crippen molar-refractivity contribution in [3.8, 4) is 0 Å². The van der Waals surface area contributed by atoms with E-state index >= 15 is 0 Å². The monoisotopic (exact) mass is 264 g/mol. The van der Waals surface area contributed by atoms with Crippen molar-refractivity contribution in [1.29, 1.82) is 0 Å². The van der Waals surface area contributed by atoms with Gasteiger partial charge in [-0.3, -0.25) is 4.79 Å². The molecule has 0 radical (unpaired) electrons. The van der Waals surface area contributed by atoms with E-state index in [0.717, 1.165) is 31.5 Å². The first-order chi connectivity index (χ1) is 8.77. The molecule has 18 heavy (non-hydrogen) atoms. The van der Waals surface area contributed by atoms with Crippen LogP contribution in [0.1, 0.15) is 30.9 Å². The van der Waals surface area contributed by atoms with Gasteiger partial charge in [-0.15, -0.1) is 0 Å². The number of nitrogens with zero attached hydrogens (tertiary/aromatic N) is 1. The van der Waals surface area contributed by atoms with Crippen molar-refractivity contribution in [3.05, 3.63) is 34.9 Å². The Labute approximate surface area is 112 Å². The molecule has 3 rings (SSSR count). The van der Waals surface area contributed by atoms with Crippen LogP contribution in [0.2, 0.25) is 5.02 Å². The molecule has 0 spiro atoms. The number of carbonyl (C=O) groups excluding carboxylic acids is 1. The summed E-state index contributed by atoms with van der Waals surface area (Å²) in [4.78, 5) is 14.6. The highest BCUT2D eigenvalue weighted by Crippen LogP contribution is 2.30. The van der Waals surface area contributed by atoms with Gasteiger partial charge < -0.3 is 10.2 Å². The van der Waals surface area contributed by atoms with Crippen LogP contribution in [-0.4, -0.2) is 29.9 Å². The molecule has 0 aliphatic carbocycles. The summed E-state index contributed by atoms with van der Waals surface area (Å²) in [6.45, 7) is 1.77. The normalized spacial score (nSPS) is 28.1. The third-order valence-corrected chi connectivity index (χ3v) is 4.28. The largest absolute Gasteiger partial charge is 0.337 e. The summed E-state index contributed by atoms with van der Waals surface area (Å²) < 4.78 is 0. The summed E-state index contributed by atoms with van der Waals surface area (Å²) in [7, 11) is 0. The lowest BCUT2D eigenvalue weighted by Gasteiger charge is -2.43. The number of amides is 1. The van der Waals surface area contributed by atoms with E-state index in [1.54, 1.807) is 0 Å². The smallest absolute Gasteiger partial charge is 0.244 e. The Morgan fingerprint density at radius 3 is 2.94 bits per heavy atom. The predicted octanol–water partition coefficient (Wildman–Crippen LogP) is 2.37. The first-order valence-corrected chi connectivity index (χ1v) is 6.93. The zero-order valence-corrected chi connectivity index (χ0v) is 11.0. The average Bonchev–Trinajstić information content (AvgIpc) is 2.41. The Hall–Kier alpha value is -1.06. The number of rotatable bonds is 1. The van der Waals surface area contributed by atoms with Crippen LogP contribution in [0, 0.1) is 0 Å². The van der Waals surface area contributed by atoms with Gasteiger partial charge in [0.15, 0.2) is 0 Å². The third-order valence-electron chi connectivity index (χ3n) is 3.93. The van der Waals surface area contributed by atoms with Crippen LogP contribution in [0.25, 0.3) is 0 Å². The molecule has 0 saturated carbocycles. The van der Waals surface area contributed by atoms with Crippen molar-refractivity contribution in [3.63, 3.8) is 0 Å². The molecule has 1 aromatic carbocycles. The SMILES string of the molecule is O=C1C(c2ccccc2Cl)NCC2CCCCN12. The summed E-state index contributed by atoms with van der Waals surface area (Å²) in [5.41, 5.74) is 0.896. The molecule has 0 aromatic heterocycles. The van der Waals surface area contributed by atoms with Crippen LogP contribution >= 0.6 is 11.6 Å². The summed E-state index contributed by atoms with van der Waals surface area (Å²) in [5.74, 6) is 0.180. The predicted molar refractivity (Wildman–Crippen MR) is 71.5 cm³/mol. The van der Waals surface area contributed by atoms with Crippen molar-refractivity contribution >= 4 is 17.5 Å². The van der Waals surface area contributed by atoms with Gasteiger partial charge in [0.2, 0.25) is 5.91 Å². The second-order valence-electron chi connectivity index (χ2n) is 5.04. The molecule has 0 bridgehead atoms. The number of piperidine rings is 1. The third kappa shape index (κ3) is 2.02. The summed E-state index contributed by atoms with van der Waals surface area (Å²) in [6.07, 6.45) is 3.47. The highest BCUT2D eigenvalue weighted by atomic mass is 35.5. The highest BCUT2D eigenvalue weighted by Gasteiger charge is 2.37. The Kier molecular flexibility index (Phi) is 3.27. The number of carbonyl (C=O) groups is 1. The van der Waals surface area contributed by atoms with E-state index in [1.807, 2.05) is 29.2 Å². The summed E-state index contributed by atoms with van der Waals surface area (Å²) >= 11 is 6.19. The number of hydrogen-bond donors (Lipinski definition) is 1. The highest BCUT2D eigenvalue weighted by molar-refractivity contribution is 6.31. The van der Waals surface area contributed by atoms with Crippen LogP contribution in [0.4, 0.5) is 0 Å². The quantitative estimate of drug-likeness (QED) is 0.845. The van der Waals surface area contributed by atoms with E-state index in [-0.39, 0.29) is 11.9 Å². The molecule has 1 amide bonds. The fourth-order valence-corrected chi connectivity index (χ4v) is 3.21. The molecule has 2 fully saturated rings. The van der Waals surface area contributed by atoms with Crippen molar-refractivity contribution < 1.29 is 4.79 Å². The van der Waals surface area contributed by atoms with Gasteiger partial charge in [0.25, 0.3) is 0 Å². The first kappa shape index (κ1) is 12.0. The Bertz CT molecular complexity index is 463. The van der Waals surface area contributed by atoms with E-state index in [0.29, 0.717) is 11.1 Å². The van der Waals surface area contributed by atoms with Gasteiger partial charge in [-0.25, -0.2) is 0 Å². The van der Waals surface area contributed by atoms with Crippen LogP contribution < -0.4 is 5.32 Å². The van der Waals surface area contributed by atoms with Gasteiger partial charge >= 0.3 is 0 Å². The van der Waals surface area contributed by atoms with E-state index in [2.05, 4.69) is 5.32 Å². The fraction of sp³-hybridized carbons (Fsp3) is 0.500. The number of benzene rings is 1. The minimum atomic E-state index is -0.270. The van der Waals surface area contributed by atoms with Gasteiger partial charge in [0, 0.05) is 24.2 Å². The van der Waals surface area contributed by atoms with Gasteiger partial charge in [-0.1, -0.05) is 29.8 Å². The molecule has 96 valence electrons. The van der Waals surface area contributed by atoms with E-state index in [1.165, 1.54) is 6.42 Å². The molecule has 3 nitrogen and oxygen atoms in total. The molecule has 1 aromatic rings. The van der Waals surface area contributed by atoms with Crippen LogP contribution in [0.15, 0.2) is 24.3 Å². The summed E-state index contributed by atoms with van der Waals surface area (Å²) in [6, 6.07) is 7.70. The van der Waals surface area contributed by atoms with E-state index in [4.69, 9.17) is 11.6 Å². The second-order valence-corrected chi connectivity index (χ2v) is 5.45. The lowest BCUT2D eigenvalue weighted by Crippen LogP contribution is -2.57. The molecule has 4 heteroatoms. The van der Waals surface area contributed by atoms with Crippen LogP contribution in [0.5, 0.6) is 0 Å². The molecule has 2 saturated heterocycles. The Morgan fingerprint density at radius 1 is 1.28 bits per heavy atom. The minimum Gasteiger partial charge on any atom is -0.337 e. The molecular formula is C14H17ClN2O. The lowest BCUT2D eigenvalue weighted by molar-refractivity contribution is -0.140. The van der Waals surface area contributed by atoms with Gasteiger partial charge in [-0.2, -0.15) is 0 Å². The van der Waals surface area contributed by atoms with Crippen molar-refractivity contribution in [2.75, 3.05) is 13.1 Å². The molecule has 2 atom stereocenters. The zero-order chi connectivity index (χ0) is 12.5. The van der Waals surface area contributed by atoms with E-state index in [9.17, 15) is 4.79 Å². The van der Waals surface area contributed by atoms with Crippen LogP contribution in [-0.2, 0) is 4.79 Å². The first-order valence-electron chi connectivity index (χ1n) is 6.55. The second kappa shape index (κ2) is 4.90. The van der Waals surface area contributed by atoms with Gasteiger partial charge in [-0.05, 0) is 30.9 Å². The van der Waals surface area contributed by atoms with Gasteiger partial charge in [0.1, 0.15) is 6.04 Å².